The maximum absolute atomic E-state index is 11.3. The Morgan fingerprint density at radius 2 is 2.07 bits per heavy atom. The molecule has 0 aromatic carbocycles. The first kappa shape index (κ1) is 13.0. The number of hydrogen-bond acceptors (Lipinski definition) is 2. The van der Waals surface area contributed by atoms with Crippen LogP contribution in [0, 0.1) is 5.92 Å². The van der Waals surface area contributed by atoms with Gasteiger partial charge in [0.2, 0.25) is 0 Å². The highest BCUT2D eigenvalue weighted by Crippen LogP contribution is 2.01. The van der Waals surface area contributed by atoms with Crippen LogP contribution in [0.3, 0.4) is 0 Å². The third-order valence-corrected chi connectivity index (χ3v) is 1.73. The van der Waals surface area contributed by atoms with Crippen molar-refractivity contribution < 1.29 is 9.53 Å². The van der Waals surface area contributed by atoms with Gasteiger partial charge < -0.3 is 9.64 Å². The molecule has 0 atom stereocenters. The van der Waals surface area contributed by atoms with E-state index in [0.717, 1.165) is 12.0 Å². The molecule has 0 aromatic heterocycles. The van der Waals surface area contributed by atoms with Crippen molar-refractivity contribution >= 4 is 6.09 Å². The van der Waals surface area contributed by atoms with E-state index in [4.69, 9.17) is 4.74 Å². The maximum Gasteiger partial charge on any atom is 0.409 e. The number of amides is 1. The highest BCUT2D eigenvalue weighted by Gasteiger charge is 2.09. The van der Waals surface area contributed by atoms with Crippen LogP contribution >= 0.6 is 0 Å². The molecule has 0 rings (SSSR count). The Hall–Kier alpha value is -0.990. The topological polar surface area (TPSA) is 29.5 Å². The lowest BCUT2D eigenvalue weighted by atomic mass is 10.2. The van der Waals surface area contributed by atoms with Crippen molar-refractivity contribution in [2.45, 2.75) is 27.2 Å². The van der Waals surface area contributed by atoms with Crippen molar-refractivity contribution in [1.29, 1.82) is 0 Å². The largest absolute Gasteiger partial charge is 0.449 e. The first-order valence-electron chi connectivity index (χ1n) is 4.95. The van der Waals surface area contributed by atoms with Gasteiger partial charge in [0, 0.05) is 13.6 Å². The molecule has 0 saturated heterocycles. The van der Waals surface area contributed by atoms with Gasteiger partial charge in [0.1, 0.15) is 0 Å². The maximum atomic E-state index is 11.3. The molecule has 0 aromatic rings. The summed E-state index contributed by atoms with van der Waals surface area (Å²) in [6, 6.07) is 0. The van der Waals surface area contributed by atoms with Crippen LogP contribution in [-0.2, 0) is 4.74 Å². The molecule has 0 aliphatic rings. The summed E-state index contributed by atoms with van der Waals surface area (Å²) in [5.74, 6) is 0.383. The highest BCUT2D eigenvalue weighted by atomic mass is 16.6. The minimum atomic E-state index is -0.250. The van der Waals surface area contributed by atoms with Gasteiger partial charge in [0.25, 0.3) is 0 Å². The van der Waals surface area contributed by atoms with Crippen LogP contribution in [0.4, 0.5) is 4.79 Å². The lowest BCUT2D eigenvalue weighted by Crippen LogP contribution is -2.29. The van der Waals surface area contributed by atoms with Gasteiger partial charge in [-0.1, -0.05) is 19.4 Å². The van der Waals surface area contributed by atoms with Gasteiger partial charge in [-0.2, -0.15) is 0 Å². The molecule has 0 fully saturated rings. The van der Waals surface area contributed by atoms with Crippen molar-refractivity contribution in [1.82, 2.24) is 4.90 Å². The zero-order chi connectivity index (χ0) is 11.1. The lowest BCUT2D eigenvalue weighted by Gasteiger charge is -2.17. The molecule has 0 aliphatic heterocycles. The van der Waals surface area contributed by atoms with E-state index in [1.165, 1.54) is 0 Å². The molecular formula is C11H21NO2. The summed E-state index contributed by atoms with van der Waals surface area (Å²) in [4.78, 5) is 12.9. The van der Waals surface area contributed by atoms with Gasteiger partial charge in [-0.25, -0.2) is 4.79 Å². The van der Waals surface area contributed by atoms with Crippen LogP contribution in [0.25, 0.3) is 0 Å². The summed E-state index contributed by atoms with van der Waals surface area (Å²) >= 11 is 0. The molecule has 0 bridgehead atoms. The third kappa shape index (κ3) is 6.52. The van der Waals surface area contributed by atoms with Crippen LogP contribution < -0.4 is 0 Å². The van der Waals surface area contributed by atoms with Gasteiger partial charge in [0.15, 0.2) is 0 Å². The molecule has 82 valence electrons. The summed E-state index contributed by atoms with van der Waals surface area (Å²) in [5, 5.41) is 0. The minimum absolute atomic E-state index is 0.250. The lowest BCUT2D eigenvalue weighted by molar-refractivity contribution is 0.100. The van der Waals surface area contributed by atoms with Crippen LogP contribution in [0.5, 0.6) is 0 Å². The molecular weight excluding hydrogens is 178 g/mol. The van der Waals surface area contributed by atoms with Gasteiger partial charge >= 0.3 is 6.09 Å². The molecule has 0 unspecified atom stereocenters. The Morgan fingerprint density at radius 3 is 2.50 bits per heavy atom. The standard InChI is InChI=1S/C11H21NO2/c1-9(2)6-7-12(5)11(13)14-8-10(3)4/h10H,1,6-8H2,2-5H3. The number of hydrogen-bond donors (Lipinski definition) is 0. The van der Waals surface area contributed by atoms with Gasteiger partial charge in [-0.3, -0.25) is 0 Å². The summed E-state index contributed by atoms with van der Waals surface area (Å²) in [6.07, 6.45) is 0.577. The van der Waals surface area contributed by atoms with E-state index in [0.29, 0.717) is 19.1 Å². The first-order valence-corrected chi connectivity index (χ1v) is 4.95. The Kier molecular flexibility index (Phi) is 6.00. The van der Waals surface area contributed by atoms with E-state index < -0.39 is 0 Å². The zero-order valence-electron chi connectivity index (χ0n) is 9.67. The number of rotatable bonds is 5. The summed E-state index contributed by atoms with van der Waals surface area (Å²) in [6.45, 7) is 10.9. The van der Waals surface area contributed by atoms with E-state index in [-0.39, 0.29) is 6.09 Å². The first-order chi connectivity index (χ1) is 6.43. The van der Waals surface area contributed by atoms with Crippen LogP contribution in [0.2, 0.25) is 0 Å². The number of carbonyl (C=O) groups is 1. The molecule has 3 heteroatoms. The molecule has 14 heavy (non-hydrogen) atoms. The van der Waals surface area contributed by atoms with Crippen molar-refractivity contribution in [3.63, 3.8) is 0 Å². The fourth-order valence-corrected chi connectivity index (χ4v) is 0.798. The molecule has 3 nitrogen and oxygen atoms in total. The van der Waals surface area contributed by atoms with E-state index >= 15 is 0 Å². The molecule has 0 heterocycles. The Balaban J connectivity index is 3.70. The molecule has 0 spiro atoms. The molecule has 1 amide bonds. The second-order valence-corrected chi connectivity index (χ2v) is 4.10. The van der Waals surface area contributed by atoms with Crippen molar-refractivity contribution in [2.75, 3.05) is 20.2 Å². The SMILES string of the molecule is C=C(C)CCN(C)C(=O)OCC(C)C. The smallest absolute Gasteiger partial charge is 0.409 e. The van der Waals surface area contributed by atoms with Crippen molar-refractivity contribution in [3.8, 4) is 0 Å². The number of carbonyl (C=O) groups excluding carboxylic acids is 1. The van der Waals surface area contributed by atoms with E-state index in [1.54, 1.807) is 11.9 Å². The summed E-state index contributed by atoms with van der Waals surface area (Å²) in [7, 11) is 1.74. The van der Waals surface area contributed by atoms with Crippen LogP contribution in [-0.4, -0.2) is 31.2 Å². The molecule has 0 aliphatic carbocycles. The minimum Gasteiger partial charge on any atom is -0.449 e. The Bertz CT molecular complexity index is 199. The highest BCUT2D eigenvalue weighted by molar-refractivity contribution is 5.67. The summed E-state index contributed by atoms with van der Waals surface area (Å²) in [5.41, 5.74) is 1.08. The molecule has 0 saturated carbocycles. The van der Waals surface area contributed by atoms with Crippen molar-refractivity contribution in [2.24, 2.45) is 5.92 Å². The monoisotopic (exact) mass is 199 g/mol. The second kappa shape index (κ2) is 6.46. The fourth-order valence-electron chi connectivity index (χ4n) is 0.798. The van der Waals surface area contributed by atoms with Gasteiger partial charge in [-0.05, 0) is 19.3 Å². The van der Waals surface area contributed by atoms with Crippen molar-refractivity contribution in [3.05, 3.63) is 12.2 Å². The average Bonchev–Trinajstić information content (AvgIpc) is 2.09. The number of nitrogens with zero attached hydrogens (tertiary/aromatic N) is 1. The normalized spacial score (nSPS) is 10.1. The summed E-state index contributed by atoms with van der Waals surface area (Å²) < 4.78 is 5.05. The predicted molar refractivity (Wildman–Crippen MR) is 58.2 cm³/mol. The van der Waals surface area contributed by atoms with E-state index in [9.17, 15) is 4.79 Å². The third-order valence-electron chi connectivity index (χ3n) is 1.73. The van der Waals surface area contributed by atoms with E-state index in [1.807, 2.05) is 20.8 Å². The molecule has 0 N–H and O–H groups in total. The molecule has 0 radical (unpaired) electrons. The van der Waals surface area contributed by atoms with Crippen LogP contribution in [0.15, 0.2) is 12.2 Å². The van der Waals surface area contributed by atoms with Gasteiger partial charge in [0.05, 0.1) is 6.61 Å². The fraction of sp³-hybridized carbons (Fsp3) is 0.727. The second-order valence-electron chi connectivity index (χ2n) is 4.10. The zero-order valence-corrected chi connectivity index (χ0v) is 9.67. The quantitative estimate of drug-likeness (QED) is 0.637. The predicted octanol–water partition coefficient (Wildman–Crippen LogP) is 2.68. The Morgan fingerprint density at radius 1 is 1.50 bits per heavy atom. The van der Waals surface area contributed by atoms with Crippen LogP contribution in [0.1, 0.15) is 27.2 Å². The number of ether oxygens (including phenoxy) is 1. The Labute approximate surface area is 86.7 Å². The van der Waals surface area contributed by atoms with E-state index in [2.05, 4.69) is 6.58 Å². The average molecular weight is 199 g/mol. The van der Waals surface area contributed by atoms with Gasteiger partial charge in [-0.15, -0.1) is 6.58 Å².